The molecule has 4 heteroatoms. The smallest absolute Gasteiger partial charge is 0.251 e. The van der Waals surface area contributed by atoms with Crippen molar-refractivity contribution in [1.82, 2.24) is 5.32 Å². The van der Waals surface area contributed by atoms with Gasteiger partial charge < -0.3 is 10.1 Å². The van der Waals surface area contributed by atoms with Gasteiger partial charge in [-0.15, -0.1) is 0 Å². The van der Waals surface area contributed by atoms with E-state index in [1.165, 1.54) is 17.5 Å². The molecule has 1 atom stereocenters. The molecule has 0 saturated heterocycles. The third-order valence-corrected chi connectivity index (χ3v) is 4.17. The quantitative estimate of drug-likeness (QED) is 0.817. The van der Waals surface area contributed by atoms with Gasteiger partial charge in [-0.3, -0.25) is 4.79 Å². The number of methoxy groups -OCH3 is 1. The summed E-state index contributed by atoms with van der Waals surface area (Å²) in [6, 6.07) is 6.06. The van der Waals surface area contributed by atoms with E-state index in [4.69, 9.17) is 4.74 Å². The van der Waals surface area contributed by atoms with Gasteiger partial charge >= 0.3 is 0 Å². The van der Waals surface area contributed by atoms with Crippen LogP contribution in [-0.2, 0) is 17.6 Å². The summed E-state index contributed by atoms with van der Waals surface area (Å²) in [7, 11) is 1.68. The van der Waals surface area contributed by atoms with Crippen LogP contribution in [-0.4, -0.2) is 31.0 Å². The van der Waals surface area contributed by atoms with E-state index in [0.717, 1.165) is 24.8 Å². The number of carbonyl (C=O) groups excluding carboxylic acids is 1. The van der Waals surface area contributed by atoms with E-state index < -0.39 is 0 Å². The first kappa shape index (κ1) is 14.5. The zero-order valence-electron chi connectivity index (χ0n) is 11.2. The van der Waals surface area contributed by atoms with Crippen LogP contribution in [0, 0.1) is 0 Å². The van der Waals surface area contributed by atoms with Gasteiger partial charge in [-0.25, -0.2) is 0 Å². The van der Waals surface area contributed by atoms with Crippen LogP contribution in [0.15, 0.2) is 18.2 Å². The molecular weight excluding hydrogens is 306 g/mol. The minimum Gasteiger partial charge on any atom is -0.384 e. The summed E-state index contributed by atoms with van der Waals surface area (Å²) in [5.41, 5.74) is 3.51. The van der Waals surface area contributed by atoms with Gasteiger partial charge in [0.05, 0.1) is 6.61 Å². The van der Waals surface area contributed by atoms with E-state index in [1.54, 1.807) is 7.11 Å². The fourth-order valence-electron chi connectivity index (χ4n) is 2.42. The molecular formula is C15H20BrNO2. The number of hydrogen-bond acceptors (Lipinski definition) is 2. The van der Waals surface area contributed by atoms with Crippen molar-refractivity contribution in [3.8, 4) is 0 Å². The lowest BCUT2D eigenvalue weighted by molar-refractivity contribution is 0.0952. The van der Waals surface area contributed by atoms with Crippen LogP contribution in [0.5, 0.6) is 0 Å². The summed E-state index contributed by atoms with van der Waals surface area (Å²) < 4.78 is 5.04. The zero-order valence-corrected chi connectivity index (χ0v) is 12.8. The minimum absolute atomic E-state index is 0.0202. The summed E-state index contributed by atoms with van der Waals surface area (Å²) in [6.45, 7) is 1.32. The first-order valence-corrected chi connectivity index (χ1v) is 7.65. The Morgan fingerprint density at radius 3 is 3.00 bits per heavy atom. The number of amides is 1. The van der Waals surface area contributed by atoms with E-state index in [9.17, 15) is 4.79 Å². The van der Waals surface area contributed by atoms with E-state index in [2.05, 4.69) is 27.3 Å². The van der Waals surface area contributed by atoms with Crippen LogP contribution < -0.4 is 5.32 Å². The number of carbonyl (C=O) groups is 1. The molecule has 2 rings (SSSR count). The molecule has 1 aliphatic carbocycles. The van der Waals surface area contributed by atoms with Crippen molar-refractivity contribution in [2.45, 2.75) is 30.5 Å². The lowest BCUT2D eigenvalue weighted by atomic mass is 10.1. The van der Waals surface area contributed by atoms with E-state index in [1.807, 2.05) is 12.1 Å². The van der Waals surface area contributed by atoms with Crippen molar-refractivity contribution in [3.05, 3.63) is 34.9 Å². The minimum atomic E-state index is 0.0202. The summed E-state index contributed by atoms with van der Waals surface area (Å²) in [5.74, 6) is 0.0202. The van der Waals surface area contributed by atoms with Gasteiger partial charge in [0.25, 0.3) is 5.91 Å². The van der Waals surface area contributed by atoms with Crippen LogP contribution >= 0.6 is 15.9 Å². The molecule has 0 bridgehead atoms. The Morgan fingerprint density at radius 1 is 1.42 bits per heavy atom. The monoisotopic (exact) mass is 325 g/mol. The van der Waals surface area contributed by atoms with Gasteiger partial charge in [-0.1, -0.05) is 22.0 Å². The summed E-state index contributed by atoms with van der Waals surface area (Å²) in [5, 5.41) is 2.95. The van der Waals surface area contributed by atoms with Crippen molar-refractivity contribution < 1.29 is 9.53 Å². The molecule has 0 heterocycles. The third kappa shape index (κ3) is 4.05. The molecule has 1 amide bonds. The maximum absolute atomic E-state index is 12.0. The molecule has 0 saturated carbocycles. The maximum atomic E-state index is 12.0. The number of halogens is 1. The summed E-state index contributed by atoms with van der Waals surface area (Å²) in [6.07, 6.45) is 4.33. The number of aryl methyl sites for hydroxylation is 2. The molecule has 0 aliphatic heterocycles. The molecule has 1 unspecified atom stereocenters. The number of rotatable bonds is 6. The Hall–Kier alpha value is -0.870. The average molecular weight is 326 g/mol. The van der Waals surface area contributed by atoms with Gasteiger partial charge in [0.1, 0.15) is 0 Å². The first-order chi connectivity index (χ1) is 9.20. The second kappa shape index (κ2) is 7.06. The normalized spacial score (nSPS) is 15.1. The average Bonchev–Trinajstić information content (AvgIpc) is 2.86. The fraction of sp³-hybridized carbons (Fsp3) is 0.533. The van der Waals surface area contributed by atoms with Gasteiger partial charge in [0.2, 0.25) is 0 Å². The maximum Gasteiger partial charge on any atom is 0.251 e. The van der Waals surface area contributed by atoms with Crippen molar-refractivity contribution in [2.75, 3.05) is 20.3 Å². The fourth-order valence-corrected chi connectivity index (χ4v) is 2.91. The zero-order chi connectivity index (χ0) is 13.7. The first-order valence-electron chi connectivity index (χ1n) is 6.73. The third-order valence-electron chi connectivity index (χ3n) is 3.45. The topological polar surface area (TPSA) is 38.3 Å². The van der Waals surface area contributed by atoms with Gasteiger partial charge in [0.15, 0.2) is 0 Å². The summed E-state index contributed by atoms with van der Waals surface area (Å²) in [4.78, 5) is 12.3. The molecule has 104 valence electrons. The SMILES string of the molecule is COCC(Br)CCNC(=O)c1ccc2c(c1)CCC2. The Balaban J connectivity index is 1.83. The highest BCUT2D eigenvalue weighted by atomic mass is 79.9. The Labute approximate surface area is 122 Å². The highest BCUT2D eigenvalue weighted by Gasteiger charge is 2.13. The molecule has 1 aromatic carbocycles. The highest BCUT2D eigenvalue weighted by Crippen LogP contribution is 2.22. The molecule has 19 heavy (non-hydrogen) atoms. The van der Waals surface area contributed by atoms with E-state index in [0.29, 0.717) is 13.2 Å². The highest BCUT2D eigenvalue weighted by molar-refractivity contribution is 9.09. The van der Waals surface area contributed by atoms with Crippen LogP contribution in [0.25, 0.3) is 0 Å². The lowest BCUT2D eigenvalue weighted by Gasteiger charge is -2.10. The predicted octanol–water partition coefficient (Wildman–Crippen LogP) is 2.71. The molecule has 3 nitrogen and oxygen atoms in total. The number of benzene rings is 1. The Kier molecular flexibility index (Phi) is 5.40. The summed E-state index contributed by atoms with van der Waals surface area (Å²) >= 11 is 3.51. The number of ether oxygens (including phenoxy) is 1. The number of alkyl halides is 1. The molecule has 0 radical (unpaired) electrons. The molecule has 1 aromatic rings. The Bertz CT molecular complexity index is 448. The van der Waals surface area contributed by atoms with E-state index in [-0.39, 0.29) is 10.7 Å². The Morgan fingerprint density at radius 2 is 2.21 bits per heavy atom. The second-order valence-corrected chi connectivity index (χ2v) is 6.23. The second-order valence-electron chi connectivity index (χ2n) is 4.93. The standard InChI is InChI=1S/C15H20BrNO2/c1-19-10-14(16)7-8-17-15(18)13-6-5-11-3-2-4-12(11)9-13/h5-6,9,14H,2-4,7-8,10H2,1H3,(H,17,18). The van der Waals surface area contributed by atoms with Gasteiger partial charge in [-0.2, -0.15) is 0 Å². The van der Waals surface area contributed by atoms with Crippen molar-refractivity contribution in [1.29, 1.82) is 0 Å². The van der Waals surface area contributed by atoms with Gasteiger partial charge in [-0.05, 0) is 48.9 Å². The molecule has 0 aromatic heterocycles. The van der Waals surface area contributed by atoms with Crippen molar-refractivity contribution >= 4 is 21.8 Å². The van der Waals surface area contributed by atoms with Crippen LogP contribution in [0.4, 0.5) is 0 Å². The van der Waals surface area contributed by atoms with Gasteiger partial charge in [0, 0.05) is 24.0 Å². The van der Waals surface area contributed by atoms with Crippen LogP contribution in [0.1, 0.15) is 34.3 Å². The van der Waals surface area contributed by atoms with Crippen LogP contribution in [0.2, 0.25) is 0 Å². The number of hydrogen-bond donors (Lipinski definition) is 1. The predicted molar refractivity (Wildman–Crippen MR) is 80.0 cm³/mol. The molecule has 0 fully saturated rings. The van der Waals surface area contributed by atoms with Crippen LogP contribution in [0.3, 0.4) is 0 Å². The van der Waals surface area contributed by atoms with Crippen molar-refractivity contribution in [2.24, 2.45) is 0 Å². The lowest BCUT2D eigenvalue weighted by Crippen LogP contribution is -2.27. The molecule has 1 N–H and O–H groups in total. The number of fused-ring (bicyclic) bond motifs is 1. The molecule has 1 aliphatic rings. The van der Waals surface area contributed by atoms with E-state index >= 15 is 0 Å². The van der Waals surface area contributed by atoms with Crippen molar-refractivity contribution in [3.63, 3.8) is 0 Å². The largest absolute Gasteiger partial charge is 0.384 e. The number of nitrogens with one attached hydrogen (secondary N) is 1. The molecule has 0 spiro atoms.